The number of fused-ring (bicyclic) bond motifs is 2. The quantitative estimate of drug-likeness (QED) is 0.714. The van der Waals surface area contributed by atoms with E-state index in [0.29, 0.717) is 43.3 Å². The predicted octanol–water partition coefficient (Wildman–Crippen LogP) is 3.00. The van der Waals surface area contributed by atoms with Gasteiger partial charge in [0, 0.05) is 17.5 Å². The molecule has 2 aromatic carbocycles. The van der Waals surface area contributed by atoms with E-state index in [1.807, 2.05) is 55.5 Å². The van der Waals surface area contributed by atoms with Crippen LogP contribution >= 0.6 is 0 Å². The third kappa shape index (κ3) is 3.64. The maximum atomic E-state index is 12.9. The molecule has 28 heavy (non-hydrogen) atoms. The molecule has 144 valence electrons. The zero-order valence-electron chi connectivity index (χ0n) is 15.8. The third-order valence-electron chi connectivity index (χ3n) is 4.81. The van der Waals surface area contributed by atoms with Crippen LogP contribution in [0.15, 0.2) is 48.5 Å². The largest absolute Gasteiger partial charge is 0.486 e. The molecule has 1 amide bonds. The Hall–Kier alpha value is -3.12. The van der Waals surface area contributed by atoms with Crippen molar-refractivity contribution in [1.29, 1.82) is 0 Å². The molecule has 0 saturated heterocycles. The van der Waals surface area contributed by atoms with E-state index in [4.69, 9.17) is 20.2 Å². The van der Waals surface area contributed by atoms with Crippen molar-refractivity contribution in [3.63, 3.8) is 0 Å². The van der Waals surface area contributed by atoms with Gasteiger partial charge in [-0.1, -0.05) is 25.1 Å². The smallest absolute Gasteiger partial charge is 0.252 e. The first kappa shape index (κ1) is 18.3. The minimum absolute atomic E-state index is 0.127. The summed E-state index contributed by atoms with van der Waals surface area (Å²) in [5.74, 6) is 1.51. The van der Waals surface area contributed by atoms with Crippen LogP contribution in [0.3, 0.4) is 0 Å². The molecule has 0 aliphatic carbocycles. The van der Waals surface area contributed by atoms with Gasteiger partial charge in [-0.15, -0.1) is 0 Å². The second-order valence-electron chi connectivity index (χ2n) is 6.98. The molecule has 0 fully saturated rings. The highest BCUT2D eigenvalue weighted by Crippen LogP contribution is 2.35. The van der Waals surface area contributed by atoms with Gasteiger partial charge in [-0.2, -0.15) is 0 Å². The van der Waals surface area contributed by atoms with Gasteiger partial charge in [-0.3, -0.25) is 4.79 Å². The topological polar surface area (TPSA) is 86.5 Å². The number of hydrogen-bond donors (Lipinski definition) is 2. The first-order valence-electron chi connectivity index (χ1n) is 9.44. The average molecular weight is 377 g/mol. The number of rotatable bonds is 5. The molecule has 3 aromatic rings. The van der Waals surface area contributed by atoms with Crippen LogP contribution in [0, 0.1) is 5.92 Å². The van der Waals surface area contributed by atoms with Gasteiger partial charge < -0.3 is 20.5 Å². The molecule has 0 bridgehead atoms. The number of benzene rings is 2. The van der Waals surface area contributed by atoms with Crippen LogP contribution in [0.4, 0.5) is 0 Å². The SMILES string of the molecule is CC(CN)CNC(=O)c1cc(-c2ccc3c(c2)OCCO3)nc2ccccc12. The molecule has 1 aliphatic heterocycles. The lowest BCUT2D eigenvalue weighted by atomic mass is 10.0. The molecule has 0 spiro atoms. The normalized spacial score (nSPS) is 13.9. The van der Waals surface area contributed by atoms with Crippen molar-refractivity contribution in [1.82, 2.24) is 10.3 Å². The van der Waals surface area contributed by atoms with Crippen molar-refractivity contribution in [3.05, 3.63) is 54.1 Å². The fourth-order valence-electron chi connectivity index (χ4n) is 3.16. The number of hydrogen-bond acceptors (Lipinski definition) is 5. The Morgan fingerprint density at radius 3 is 2.75 bits per heavy atom. The predicted molar refractivity (Wildman–Crippen MR) is 109 cm³/mol. The number of ether oxygens (including phenoxy) is 2. The summed E-state index contributed by atoms with van der Waals surface area (Å²) in [6.07, 6.45) is 0. The van der Waals surface area contributed by atoms with E-state index in [-0.39, 0.29) is 11.8 Å². The molecule has 0 saturated carbocycles. The van der Waals surface area contributed by atoms with Gasteiger partial charge in [0.25, 0.3) is 5.91 Å². The van der Waals surface area contributed by atoms with Gasteiger partial charge in [0.2, 0.25) is 0 Å². The lowest BCUT2D eigenvalue weighted by Crippen LogP contribution is -2.31. The summed E-state index contributed by atoms with van der Waals surface area (Å²) in [5.41, 5.74) is 8.62. The summed E-state index contributed by atoms with van der Waals surface area (Å²) >= 11 is 0. The Morgan fingerprint density at radius 1 is 1.14 bits per heavy atom. The molecule has 1 aromatic heterocycles. The second kappa shape index (κ2) is 7.86. The Balaban J connectivity index is 1.75. The zero-order valence-corrected chi connectivity index (χ0v) is 15.8. The molecule has 1 unspecified atom stereocenters. The summed E-state index contributed by atoms with van der Waals surface area (Å²) < 4.78 is 11.3. The van der Waals surface area contributed by atoms with Crippen molar-refractivity contribution < 1.29 is 14.3 Å². The number of amides is 1. The van der Waals surface area contributed by atoms with Crippen LogP contribution in [-0.2, 0) is 0 Å². The van der Waals surface area contributed by atoms with E-state index < -0.39 is 0 Å². The van der Waals surface area contributed by atoms with Crippen molar-refractivity contribution in [2.24, 2.45) is 11.7 Å². The van der Waals surface area contributed by atoms with Crippen molar-refractivity contribution >= 4 is 16.8 Å². The average Bonchev–Trinajstić information content (AvgIpc) is 2.76. The highest BCUT2D eigenvalue weighted by molar-refractivity contribution is 6.07. The lowest BCUT2D eigenvalue weighted by Gasteiger charge is -2.19. The Bertz CT molecular complexity index is 1020. The van der Waals surface area contributed by atoms with E-state index >= 15 is 0 Å². The molecule has 1 atom stereocenters. The fraction of sp³-hybridized carbons (Fsp3) is 0.273. The van der Waals surface area contributed by atoms with E-state index in [0.717, 1.165) is 22.2 Å². The van der Waals surface area contributed by atoms with E-state index in [1.54, 1.807) is 0 Å². The number of para-hydroxylation sites is 1. The van der Waals surface area contributed by atoms with Crippen LogP contribution in [0.25, 0.3) is 22.2 Å². The Morgan fingerprint density at radius 2 is 1.93 bits per heavy atom. The Kier molecular flexibility index (Phi) is 5.12. The van der Waals surface area contributed by atoms with Crippen LogP contribution < -0.4 is 20.5 Å². The van der Waals surface area contributed by atoms with E-state index in [9.17, 15) is 4.79 Å². The van der Waals surface area contributed by atoms with Crippen molar-refractivity contribution in [3.8, 4) is 22.8 Å². The molecule has 6 nitrogen and oxygen atoms in total. The van der Waals surface area contributed by atoms with Crippen molar-refractivity contribution in [2.45, 2.75) is 6.92 Å². The summed E-state index contributed by atoms with van der Waals surface area (Å²) in [6.45, 7) is 4.14. The maximum Gasteiger partial charge on any atom is 0.252 e. The minimum Gasteiger partial charge on any atom is -0.486 e. The maximum absolute atomic E-state index is 12.9. The standard InChI is InChI=1S/C22H23N3O3/c1-14(12-23)13-24-22(26)17-11-19(25-18-5-3-2-4-16(17)18)15-6-7-20-21(10-15)28-9-8-27-20/h2-7,10-11,14H,8-9,12-13,23H2,1H3,(H,24,26). The molecule has 4 rings (SSSR count). The van der Waals surface area contributed by atoms with E-state index in [2.05, 4.69) is 5.32 Å². The number of nitrogens with zero attached hydrogens (tertiary/aromatic N) is 1. The number of aromatic nitrogens is 1. The monoisotopic (exact) mass is 377 g/mol. The van der Waals surface area contributed by atoms with Crippen LogP contribution in [0.1, 0.15) is 17.3 Å². The first-order chi connectivity index (χ1) is 13.7. The van der Waals surface area contributed by atoms with E-state index in [1.165, 1.54) is 0 Å². The van der Waals surface area contributed by atoms with Gasteiger partial charge in [0.05, 0.1) is 16.8 Å². The molecule has 2 heterocycles. The number of nitrogens with two attached hydrogens (primary N) is 1. The highest BCUT2D eigenvalue weighted by atomic mass is 16.6. The fourth-order valence-corrected chi connectivity index (χ4v) is 3.16. The van der Waals surface area contributed by atoms with Crippen LogP contribution in [0.2, 0.25) is 0 Å². The molecular weight excluding hydrogens is 354 g/mol. The zero-order chi connectivity index (χ0) is 19.5. The number of carbonyl (C=O) groups is 1. The molecule has 3 N–H and O–H groups in total. The van der Waals surface area contributed by atoms with Gasteiger partial charge in [0.15, 0.2) is 11.5 Å². The minimum atomic E-state index is -0.127. The van der Waals surface area contributed by atoms with Crippen molar-refractivity contribution in [2.75, 3.05) is 26.3 Å². The molecule has 6 heteroatoms. The van der Waals surface area contributed by atoms with Gasteiger partial charge in [0.1, 0.15) is 13.2 Å². The molecule has 0 radical (unpaired) electrons. The lowest BCUT2D eigenvalue weighted by molar-refractivity contribution is 0.0950. The molecule has 1 aliphatic rings. The number of pyridine rings is 1. The van der Waals surface area contributed by atoms with Crippen LogP contribution in [-0.4, -0.2) is 37.2 Å². The Labute approximate surface area is 163 Å². The first-order valence-corrected chi connectivity index (χ1v) is 9.44. The van der Waals surface area contributed by atoms with Gasteiger partial charge in [-0.25, -0.2) is 4.98 Å². The second-order valence-corrected chi connectivity index (χ2v) is 6.98. The summed E-state index contributed by atoms with van der Waals surface area (Å²) in [5, 5.41) is 3.80. The number of carbonyl (C=O) groups excluding carboxylic acids is 1. The molecular formula is C22H23N3O3. The summed E-state index contributed by atoms with van der Waals surface area (Å²) in [4.78, 5) is 17.6. The summed E-state index contributed by atoms with van der Waals surface area (Å²) in [7, 11) is 0. The summed E-state index contributed by atoms with van der Waals surface area (Å²) in [6, 6.07) is 15.2. The third-order valence-corrected chi connectivity index (χ3v) is 4.81. The van der Waals surface area contributed by atoms with Gasteiger partial charge in [-0.05, 0) is 42.8 Å². The highest BCUT2D eigenvalue weighted by Gasteiger charge is 2.17. The van der Waals surface area contributed by atoms with Gasteiger partial charge >= 0.3 is 0 Å². The van der Waals surface area contributed by atoms with Crippen LogP contribution in [0.5, 0.6) is 11.5 Å². The number of nitrogens with one attached hydrogen (secondary N) is 1.